The average Bonchev–Trinajstić information content (AvgIpc) is 2.96. The van der Waals surface area contributed by atoms with Gasteiger partial charge in [-0.25, -0.2) is 19.2 Å². The van der Waals surface area contributed by atoms with E-state index in [1.54, 1.807) is 17.8 Å². The molecule has 3 aliphatic rings. The van der Waals surface area contributed by atoms with Gasteiger partial charge in [0.15, 0.2) is 0 Å². The number of para-hydroxylation sites is 1. The molecule has 2 aromatic carbocycles. The number of hydrogen-bond donors (Lipinski definition) is 4. The maximum absolute atomic E-state index is 13.4. The van der Waals surface area contributed by atoms with Crippen LogP contribution >= 0.6 is 11.8 Å². The number of anilines is 2. The van der Waals surface area contributed by atoms with Crippen LogP contribution in [0.4, 0.5) is 24.5 Å². The molecule has 0 saturated carbocycles. The van der Waals surface area contributed by atoms with Gasteiger partial charge >= 0.3 is 30.1 Å². The van der Waals surface area contributed by atoms with Crippen molar-refractivity contribution in [2.75, 3.05) is 44.2 Å². The summed E-state index contributed by atoms with van der Waals surface area (Å²) in [7, 11) is 0. The average molecular weight is 628 g/mol. The van der Waals surface area contributed by atoms with Crippen molar-refractivity contribution < 1.29 is 52.8 Å². The molecule has 4 N–H and O–H groups in total. The second-order valence-electron chi connectivity index (χ2n) is 9.96. The minimum Gasteiger partial charge on any atom is -0.473 e. The van der Waals surface area contributed by atoms with Crippen LogP contribution in [-0.2, 0) is 25.4 Å². The molecule has 0 radical (unpaired) electrons. The number of piperidine rings is 1. The maximum atomic E-state index is 13.4. The maximum Gasteiger partial charge on any atom is 0.416 e. The van der Waals surface area contributed by atoms with E-state index in [4.69, 9.17) is 39.6 Å². The van der Waals surface area contributed by atoms with E-state index in [-0.39, 0.29) is 0 Å². The van der Waals surface area contributed by atoms with Crippen molar-refractivity contribution in [2.24, 2.45) is 0 Å². The summed E-state index contributed by atoms with van der Waals surface area (Å²) in [5, 5.41) is 29.6. The summed E-state index contributed by atoms with van der Waals surface area (Å²) in [6, 6.07) is 12.8. The first-order chi connectivity index (χ1) is 20.3. The molecule has 234 valence electrons. The molecule has 1 atom stereocenters. The van der Waals surface area contributed by atoms with Gasteiger partial charge in [0, 0.05) is 42.0 Å². The van der Waals surface area contributed by atoms with E-state index in [1.165, 1.54) is 37.9 Å². The number of carboxylic acids is 4. The lowest BCUT2D eigenvalue weighted by atomic mass is 9.99. The van der Waals surface area contributed by atoms with Gasteiger partial charge in [-0.2, -0.15) is 13.2 Å². The van der Waals surface area contributed by atoms with Crippen LogP contribution in [0.25, 0.3) is 0 Å². The minimum atomic E-state index is -4.33. The molecule has 15 heteroatoms. The molecule has 0 spiro atoms. The Morgan fingerprint density at radius 2 is 1.42 bits per heavy atom. The Kier molecular flexibility index (Phi) is 11.8. The van der Waals surface area contributed by atoms with Gasteiger partial charge in [0.25, 0.3) is 0 Å². The van der Waals surface area contributed by atoms with Gasteiger partial charge in [-0.05, 0) is 62.7 Å². The molecule has 0 aliphatic carbocycles. The Bertz CT molecular complexity index is 1280. The summed E-state index contributed by atoms with van der Waals surface area (Å²) in [4.78, 5) is 45.7. The van der Waals surface area contributed by atoms with Gasteiger partial charge in [-0.3, -0.25) is 4.90 Å². The van der Waals surface area contributed by atoms with Crippen LogP contribution in [0.1, 0.15) is 31.2 Å². The lowest BCUT2D eigenvalue weighted by molar-refractivity contribution is -0.159. The van der Waals surface area contributed by atoms with Crippen molar-refractivity contribution in [2.45, 2.75) is 47.7 Å². The number of aliphatic carboxylic acids is 4. The van der Waals surface area contributed by atoms with Crippen molar-refractivity contribution in [3.8, 4) is 0 Å². The van der Waals surface area contributed by atoms with Crippen molar-refractivity contribution in [3.63, 3.8) is 0 Å². The lowest BCUT2D eigenvalue weighted by Crippen LogP contribution is -2.54. The second-order valence-corrected chi connectivity index (χ2v) is 11.0. The first-order valence-electron chi connectivity index (χ1n) is 13.4. The van der Waals surface area contributed by atoms with E-state index in [0.717, 1.165) is 54.6 Å². The number of hydrogen-bond acceptors (Lipinski definition) is 8. The Hall–Kier alpha value is -3.82. The van der Waals surface area contributed by atoms with Crippen LogP contribution in [0.15, 0.2) is 52.3 Å². The summed E-state index contributed by atoms with van der Waals surface area (Å²) in [6.45, 7) is 6.31. The first-order valence-corrected chi connectivity index (χ1v) is 14.2. The standard InChI is InChI=1S/C24H28F3N3S.2C2H2O4/c25-24(26,27)18-9-10-23-21(16-18)30(20-7-1-2-8-22(20)31-23)13-5-11-28-14-15-29-12-4-3-6-19(29)17-28;2*3-1(4)2(5)6/h1-2,7-10,16,19H,3-6,11-15,17H2;2*(H,3,4)(H,5,6). The van der Waals surface area contributed by atoms with Crippen LogP contribution in [0, 0.1) is 0 Å². The Balaban J connectivity index is 0.000000359. The lowest BCUT2D eigenvalue weighted by Gasteiger charge is -2.44. The predicted molar refractivity (Wildman–Crippen MR) is 150 cm³/mol. The molecule has 2 fully saturated rings. The number of benzene rings is 2. The number of nitrogens with zero attached hydrogens (tertiary/aromatic N) is 3. The topological polar surface area (TPSA) is 159 Å². The number of carbonyl (C=O) groups is 4. The zero-order chi connectivity index (χ0) is 31.7. The van der Waals surface area contributed by atoms with Crippen LogP contribution in [0.3, 0.4) is 0 Å². The van der Waals surface area contributed by atoms with Gasteiger partial charge in [0.05, 0.1) is 16.9 Å². The monoisotopic (exact) mass is 627 g/mol. The number of alkyl halides is 3. The van der Waals surface area contributed by atoms with Gasteiger partial charge in [-0.15, -0.1) is 0 Å². The Morgan fingerprint density at radius 3 is 2.05 bits per heavy atom. The van der Waals surface area contributed by atoms with Crippen LogP contribution in [-0.4, -0.2) is 99.4 Å². The predicted octanol–water partition coefficient (Wildman–Crippen LogP) is 4.18. The van der Waals surface area contributed by atoms with Crippen LogP contribution in [0.2, 0.25) is 0 Å². The van der Waals surface area contributed by atoms with Crippen molar-refractivity contribution in [1.29, 1.82) is 0 Å². The van der Waals surface area contributed by atoms with E-state index in [0.29, 0.717) is 11.7 Å². The molecule has 0 amide bonds. The van der Waals surface area contributed by atoms with Gasteiger partial charge in [-0.1, -0.05) is 30.3 Å². The molecule has 3 aliphatic heterocycles. The largest absolute Gasteiger partial charge is 0.473 e. The Morgan fingerprint density at radius 1 is 0.791 bits per heavy atom. The van der Waals surface area contributed by atoms with E-state index < -0.39 is 35.6 Å². The zero-order valence-electron chi connectivity index (χ0n) is 23.0. The zero-order valence-corrected chi connectivity index (χ0v) is 23.8. The minimum absolute atomic E-state index is 0.579. The number of piperazine rings is 1. The highest BCUT2D eigenvalue weighted by atomic mass is 32.2. The highest BCUT2D eigenvalue weighted by Crippen LogP contribution is 2.49. The fourth-order valence-corrected chi connectivity index (χ4v) is 6.20. The molecular formula is C28H32F3N3O8S. The third kappa shape index (κ3) is 9.59. The normalized spacial score (nSPS) is 17.9. The first kappa shape index (κ1) is 33.7. The van der Waals surface area contributed by atoms with E-state index in [9.17, 15) is 13.2 Å². The highest BCUT2D eigenvalue weighted by molar-refractivity contribution is 7.99. The highest BCUT2D eigenvalue weighted by Gasteiger charge is 2.33. The molecule has 0 bridgehead atoms. The number of halogens is 3. The number of rotatable bonds is 4. The number of fused-ring (bicyclic) bond motifs is 3. The smallest absolute Gasteiger partial charge is 0.416 e. The summed E-state index contributed by atoms with van der Waals surface area (Å²) in [5.41, 5.74) is 1.11. The SMILES string of the molecule is FC(F)(F)c1ccc2c(c1)N(CCCN1CCN3CCCCC3C1)c1ccccc1S2.O=C(O)C(=O)O.O=C(O)C(=O)O. The molecule has 2 aromatic rings. The van der Waals surface area contributed by atoms with Crippen molar-refractivity contribution in [1.82, 2.24) is 9.80 Å². The fraction of sp³-hybridized carbons (Fsp3) is 0.429. The van der Waals surface area contributed by atoms with E-state index in [2.05, 4.69) is 20.8 Å². The molecule has 0 aromatic heterocycles. The van der Waals surface area contributed by atoms with Gasteiger partial charge in [0.1, 0.15) is 0 Å². The molecule has 43 heavy (non-hydrogen) atoms. The van der Waals surface area contributed by atoms with Crippen LogP contribution < -0.4 is 4.90 Å². The Labute approximate surface area is 249 Å². The van der Waals surface area contributed by atoms with Crippen molar-refractivity contribution in [3.05, 3.63) is 48.0 Å². The van der Waals surface area contributed by atoms with Gasteiger partial charge in [0.2, 0.25) is 0 Å². The second kappa shape index (κ2) is 15.1. The van der Waals surface area contributed by atoms with Crippen molar-refractivity contribution >= 4 is 47.0 Å². The van der Waals surface area contributed by atoms with Gasteiger partial charge < -0.3 is 30.2 Å². The summed E-state index contributed by atoms with van der Waals surface area (Å²) >= 11 is 1.55. The molecule has 1 unspecified atom stereocenters. The third-order valence-electron chi connectivity index (χ3n) is 7.10. The number of carboxylic acid groups (broad SMARTS) is 4. The summed E-state index contributed by atoms with van der Waals surface area (Å²) in [5.74, 6) is -7.30. The third-order valence-corrected chi connectivity index (χ3v) is 8.23. The molecule has 5 rings (SSSR count). The summed E-state index contributed by atoms with van der Waals surface area (Å²) in [6.07, 6.45) is 0.544. The molecular weight excluding hydrogens is 595 g/mol. The quantitative estimate of drug-likeness (QED) is 0.359. The van der Waals surface area contributed by atoms with E-state index in [1.807, 2.05) is 18.2 Å². The molecule has 3 heterocycles. The molecule has 11 nitrogen and oxygen atoms in total. The summed E-state index contributed by atoms with van der Waals surface area (Å²) < 4.78 is 40.1. The molecule has 2 saturated heterocycles. The van der Waals surface area contributed by atoms with Crippen LogP contribution in [0.5, 0.6) is 0 Å². The fourth-order valence-electron chi connectivity index (χ4n) is 5.12. The van der Waals surface area contributed by atoms with E-state index >= 15 is 0 Å².